The lowest BCUT2D eigenvalue weighted by Crippen LogP contribution is -2.38. The van der Waals surface area contributed by atoms with Crippen molar-refractivity contribution in [3.8, 4) is 0 Å². The standard InChI is InChI=1S/C24H26N2O5/c1-4-16-9-11-17(12-10-16)22(15(2)3)25-20(27)14-31-21(28)13-26-23(29)18-7-5-6-8-19(18)24(26)30/h5-12,15,22H,4,13-14H2,1-3H3,(H,25,27)/t22-/m1/s1. The van der Waals surface area contributed by atoms with Crippen LogP contribution in [-0.4, -0.2) is 41.7 Å². The second-order valence-electron chi connectivity index (χ2n) is 7.79. The summed E-state index contributed by atoms with van der Waals surface area (Å²) in [6.07, 6.45) is 0.933. The number of imide groups is 1. The molecule has 1 N–H and O–H groups in total. The molecule has 1 atom stereocenters. The number of fused-ring (bicyclic) bond motifs is 1. The highest BCUT2D eigenvalue weighted by Gasteiger charge is 2.36. The summed E-state index contributed by atoms with van der Waals surface area (Å²) < 4.78 is 5.02. The predicted molar refractivity (Wildman–Crippen MR) is 114 cm³/mol. The maximum atomic E-state index is 12.4. The van der Waals surface area contributed by atoms with Gasteiger partial charge < -0.3 is 10.1 Å². The average molecular weight is 422 g/mol. The molecule has 0 aliphatic carbocycles. The normalized spacial score (nSPS) is 13.9. The Morgan fingerprint density at radius 2 is 1.55 bits per heavy atom. The van der Waals surface area contributed by atoms with Crippen LogP contribution >= 0.6 is 0 Å². The topological polar surface area (TPSA) is 92.8 Å². The minimum Gasteiger partial charge on any atom is -0.454 e. The van der Waals surface area contributed by atoms with Crippen LogP contribution in [-0.2, 0) is 20.7 Å². The predicted octanol–water partition coefficient (Wildman–Crippen LogP) is 2.90. The van der Waals surface area contributed by atoms with Crippen LogP contribution in [0.4, 0.5) is 0 Å². The van der Waals surface area contributed by atoms with Crippen LogP contribution in [0.5, 0.6) is 0 Å². The monoisotopic (exact) mass is 422 g/mol. The Kier molecular flexibility index (Phi) is 6.84. The van der Waals surface area contributed by atoms with Gasteiger partial charge in [0.1, 0.15) is 6.54 Å². The van der Waals surface area contributed by atoms with Crippen LogP contribution in [0.2, 0.25) is 0 Å². The molecule has 0 saturated carbocycles. The van der Waals surface area contributed by atoms with Gasteiger partial charge in [-0.15, -0.1) is 0 Å². The first-order valence-electron chi connectivity index (χ1n) is 10.3. The van der Waals surface area contributed by atoms with E-state index in [9.17, 15) is 19.2 Å². The number of rotatable bonds is 8. The summed E-state index contributed by atoms with van der Waals surface area (Å²) >= 11 is 0. The van der Waals surface area contributed by atoms with Crippen LogP contribution in [0.25, 0.3) is 0 Å². The zero-order chi connectivity index (χ0) is 22.5. The molecule has 0 saturated heterocycles. The summed E-state index contributed by atoms with van der Waals surface area (Å²) in [4.78, 5) is 50.0. The first kappa shape index (κ1) is 22.2. The Bertz CT molecular complexity index is 962. The maximum Gasteiger partial charge on any atom is 0.326 e. The molecule has 0 fully saturated rings. The third kappa shape index (κ3) is 4.99. The lowest BCUT2D eigenvalue weighted by molar-refractivity contribution is -0.149. The second kappa shape index (κ2) is 9.55. The molecule has 7 nitrogen and oxygen atoms in total. The molecule has 2 aromatic rings. The third-order valence-electron chi connectivity index (χ3n) is 5.26. The van der Waals surface area contributed by atoms with Gasteiger partial charge in [-0.05, 0) is 35.6 Å². The maximum absolute atomic E-state index is 12.4. The van der Waals surface area contributed by atoms with E-state index in [0.29, 0.717) is 0 Å². The number of amides is 3. The number of ether oxygens (including phenoxy) is 1. The molecule has 7 heteroatoms. The van der Waals surface area contributed by atoms with Crippen LogP contribution in [0, 0.1) is 5.92 Å². The first-order chi connectivity index (χ1) is 14.8. The zero-order valence-corrected chi connectivity index (χ0v) is 17.9. The fraction of sp³-hybridized carbons (Fsp3) is 0.333. The molecule has 0 radical (unpaired) electrons. The molecule has 1 aliphatic rings. The van der Waals surface area contributed by atoms with Crippen molar-refractivity contribution in [2.45, 2.75) is 33.2 Å². The van der Waals surface area contributed by atoms with Crippen molar-refractivity contribution in [2.75, 3.05) is 13.2 Å². The summed E-state index contributed by atoms with van der Waals surface area (Å²) in [5.74, 6) is -2.23. The summed E-state index contributed by atoms with van der Waals surface area (Å²) in [6, 6.07) is 14.2. The molecular weight excluding hydrogens is 396 g/mol. The van der Waals surface area contributed by atoms with Gasteiger partial charge in [-0.1, -0.05) is 57.2 Å². The number of carbonyl (C=O) groups excluding carboxylic acids is 4. The van der Waals surface area contributed by atoms with Crippen molar-refractivity contribution < 1.29 is 23.9 Å². The molecule has 162 valence electrons. The van der Waals surface area contributed by atoms with Crippen molar-refractivity contribution in [2.24, 2.45) is 5.92 Å². The van der Waals surface area contributed by atoms with Crippen LogP contribution in [0.3, 0.4) is 0 Å². The Hall–Kier alpha value is -3.48. The molecule has 3 amide bonds. The highest BCUT2D eigenvalue weighted by Crippen LogP contribution is 2.23. The minimum atomic E-state index is -0.821. The highest BCUT2D eigenvalue weighted by molar-refractivity contribution is 6.22. The Balaban J connectivity index is 1.54. The van der Waals surface area contributed by atoms with E-state index in [-0.39, 0.29) is 23.1 Å². The Labute approximate surface area is 181 Å². The van der Waals surface area contributed by atoms with Gasteiger partial charge in [0.05, 0.1) is 17.2 Å². The van der Waals surface area contributed by atoms with E-state index in [2.05, 4.69) is 12.2 Å². The number of hydrogen-bond donors (Lipinski definition) is 1. The lowest BCUT2D eigenvalue weighted by Gasteiger charge is -2.23. The van der Waals surface area contributed by atoms with Gasteiger partial charge in [-0.25, -0.2) is 0 Å². The van der Waals surface area contributed by atoms with E-state index in [1.165, 1.54) is 17.7 Å². The molecule has 2 aromatic carbocycles. The van der Waals surface area contributed by atoms with Crippen molar-refractivity contribution in [1.29, 1.82) is 0 Å². The first-order valence-corrected chi connectivity index (χ1v) is 10.3. The van der Waals surface area contributed by atoms with E-state index < -0.39 is 36.8 Å². The molecule has 0 spiro atoms. The van der Waals surface area contributed by atoms with Crippen LogP contribution in [0.1, 0.15) is 58.7 Å². The van der Waals surface area contributed by atoms with Crippen molar-refractivity contribution in [3.63, 3.8) is 0 Å². The third-order valence-corrected chi connectivity index (χ3v) is 5.26. The zero-order valence-electron chi connectivity index (χ0n) is 17.9. The second-order valence-corrected chi connectivity index (χ2v) is 7.79. The molecule has 1 heterocycles. The SMILES string of the molecule is CCc1ccc([C@H](NC(=O)COC(=O)CN2C(=O)c3ccccc3C2=O)C(C)C)cc1. The fourth-order valence-electron chi connectivity index (χ4n) is 3.51. The van der Waals surface area contributed by atoms with Crippen LogP contribution in [0.15, 0.2) is 48.5 Å². The number of nitrogens with zero attached hydrogens (tertiary/aromatic N) is 1. The number of hydrogen-bond acceptors (Lipinski definition) is 5. The van der Waals surface area contributed by atoms with Crippen LogP contribution < -0.4 is 5.32 Å². The van der Waals surface area contributed by atoms with E-state index >= 15 is 0 Å². The average Bonchev–Trinajstić information content (AvgIpc) is 3.01. The van der Waals surface area contributed by atoms with E-state index in [1.54, 1.807) is 12.1 Å². The Morgan fingerprint density at radius 1 is 0.968 bits per heavy atom. The number of aryl methyl sites for hydroxylation is 1. The van der Waals surface area contributed by atoms with Gasteiger partial charge >= 0.3 is 5.97 Å². The fourth-order valence-corrected chi connectivity index (χ4v) is 3.51. The van der Waals surface area contributed by atoms with Crippen molar-refractivity contribution >= 4 is 23.7 Å². The largest absolute Gasteiger partial charge is 0.454 e. The summed E-state index contributed by atoms with van der Waals surface area (Å²) in [6.45, 7) is 5.04. The molecule has 0 bridgehead atoms. The summed E-state index contributed by atoms with van der Waals surface area (Å²) in [5.41, 5.74) is 2.69. The molecule has 3 rings (SSSR count). The van der Waals surface area contributed by atoms with E-state index in [4.69, 9.17) is 4.74 Å². The number of carbonyl (C=O) groups is 4. The molecule has 31 heavy (non-hydrogen) atoms. The van der Waals surface area contributed by atoms with Gasteiger partial charge in [0, 0.05) is 0 Å². The van der Waals surface area contributed by atoms with Gasteiger partial charge in [0.15, 0.2) is 6.61 Å². The number of nitrogens with one attached hydrogen (secondary N) is 1. The van der Waals surface area contributed by atoms with E-state index in [0.717, 1.165) is 16.9 Å². The smallest absolute Gasteiger partial charge is 0.326 e. The van der Waals surface area contributed by atoms with Crippen molar-refractivity contribution in [1.82, 2.24) is 10.2 Å². The minimum absolute atomic E-state index is 0.130. The highest BCUT2D eigenvalue weighted by atomic mass is 16.5. The number of esters is 1. The quantitative estimate of drug-likeness (QED) is 0.522. The van der Waals surface area contributed by atoms with E-state index in [1.807, 2.05) is 38.1 Å². The molecule has 1 aliphatic heterocycles. The lowest BCUT2D eigenvalue weighted by atomic mass is 9.95. The summed E-state index contributed by atoms with van der Waals surface area (Å²) in [5, 5.41) is 2.89. The number of benzene rings is 2. The summed E-state index contributed by atoms with van der Waals surface area (Å²) in [7, 11) is 0. The van der Waals surface area contributed by atoms with Gasteiger partial charge in [-0.2, -0.15) is 0 Å². The molecule has 0 aromatic heterocycles. The van der Waals surface area contributed by atoms with Gasteiger partial charge in [-0.3, -0.25) is 24.1 Å². The molecular formula is C24H26N2O5. The Morgan fingerprint density at radius 3 is 2.06 bits per heavy atom. The van der Waals surface area contributed by atoms with Gasteiger partial charge in [0.2, 0.25) is 0 Å². The van der Waals surface area contributed by atoms with Gasteiger partial charge in [0.25, 0.3) is 17.7 Å². The molecule has 0 unspecified atom stereocenters. The van der Waals surface area contributed by atoms with Crippen molar-refractivity contribution in [3.05, 3.63) is 70.8 Å².